The number of rotatable bonds is 16. The van der Waals surface area contributed by atoms with Crippen molar-refractivity contribution in [3.63, 3.8) is 0 Å². The Balaban J connectivity index is -0.000000372. The second kappa shape index (κ2) is 26.8. The van der Waals surface area contributed by atoms with E-state index in [1.54, 1.807) is 0 Å². The van der Waals surface area contributed by atoms with Gasteiger partial charge in [-0.1, -0.05) is 25.7 Å². The molecule has 0 spiro atoms. The fraction of sp³-hybridized carbons (Fsp3) is 0.900. The second-order valence-electron chi connectivity index (χ2n) is 5.38. The molecule has 0 aromatic heterocycles. The van der Waals surface area contributed by atoms with E-state index in [-0.39, 0.29) is 35.6 Å². The summed E-state index contributed by atoms with van der Waals surface area (Å²) in [7, 11) is 0. The Labute approximate surface area is 173 Å². The molecule has 0 aromatic rings. The number of hydrogen-bond donors (Lipinski definition) is 0. The van der Waals surface area contributed by atoms with E-state index in [4.69, 9.17) is 18.9 Å². The normalized spacial score (nSPS) is 10.6. The third-order valence-electron chi connectivity index (χ3n) is 3.29. The molecular weight excluding hydrogens is 329 g/mol. The molecule has 0 aliphatic carbocycles. The molecule has 0 aliphatic rings. The maximum Gasteiger partial charge on any atom is 2.00 e. The predicted octanol–water partition coefficient (Wildman–Crippen LogP) is 5.18. The van der Waals surface area contributed by atoms with E-state index in [1.807, 2.05) is 27.7 Å². The number of hydrogen-bond acceptors (Lipinski definition) is 4. The van der Waals surface area contributed by atoms with Gasteiger partial charge in [0.25, 0.3) is 0 Å². The molecule has 25 heavy (non-hydrogen) atoms. The van der Waals surface area contributed by atoms with E-state index in [0.717, 1.165) is 77.8 Å². The maximum absolute atomic E-state index is 5.39. The van der Waals surface area contributed by atoms with Crippen LogP contribution in [0, 0.1) is 13.8 Å². The molecule has 0 radical (unpaired) electrons. The van der Waals surface area contributed by atoms with Gasteiger partial charge in [-0.2, -0.15) is 12.8 Å². The van der Waals surface area contributed by atoms with Crippen LogP contribution in [0.3, 0.4) is 0 Å². The summed E-state index contributed by atoms with van der Waals surface area (Å²) >= 11 is 0. The predicted molar refractivity (Wildman–Crippen MR) is 107 cm³/mol. The van der Waals surface area contributed by atoms with E-state index in [9.17, 15) is 0 Å². The van der Waals surface area contributed by atoms with Crippen LogP contribution in [0.2, 0.25) is 0 Å². The first-order chi connectivity index (χ1) is 11.7. The van der Waals surface area contributed by atoms with Crippen molar-refractivity contribution in [2.45, 2.75) is 91.6 Å². The first kappa shape index (κ1) is 30.3. The molecule has 0 fully saturated rings. The second-order valence-corrected chi connectivity index (χ2v) is 5.38. The Bertz CT molecular complexity index is 184. The standard InChI is InChI=1S/2C10H21O2.Mg/c2*1-4-7-8-9-10(11-5-2)12-6-3;/h2*10H,1,4-9H2,2-3H3;/q2*-1;+2. The zero-order valence-corrected chi connectivity index (χ0v) is 18.8. The molecule has 0 unspecified atom stereocenters. The van der Waals surface area contributed by atoms with Gasteiger partial charge in [-0.25, -0.2) is 0 Å². The molecular formula is C20H42MgO4. The summed E-state index contributed by atoms with van der Waals surface area (Å²) in [6.45, 7) is 18.5. The van der Waals surface area contributed by atoms with Gasteiger partial charge in [0, 0.05) is 26.4 Å². The van der Waals surface area contributed by atoms with Gasteiger partial charge in [-0.3, -0.25) is 0 Å². The molecule has 4 nitrogen and oxygen atoms in total. The van der Waals surface area contributed by atoms with Crippen molar-refractivity contribution in [1.82, 2.24) is 0 Å². The largest absolute Gasteiger partial charge is 2.00 e. The molecule has 0 amide bonds. The Morgan fingerprint density at radius 3 is 1.04 bits per heavy atom. The SMILES string of the molecule is [CH2-]CCCCC(OCC)OCC.[CH2-]CCCCC(OCC)OCC.[Mg+2]. The van der Waals surface area contributed by atoms with Crippen LogP contribution >= 0.6 is 0 Å². The van der Waals surface area contributed by atoms with Gasteiger partial charge in [0.05, 0.1) is 0 Å². The maximum atomic E-state index is 5.39. The van der Waals surface area contributed by atoms with Crippen LogP contribution in [-0.2, 0) is 18.9 Å². The molecule has 148 valence electrons. The zero-order chi connectivity index (χ0) is 18.5. The Morgan fingerprint density at radius 1 is 0.560 bits per heavy atom. The van der Waals surface area contributed by atoms with Gasteiger partial charge in [-0.05, 0) is 40.5 Å². The zero-order valence-electron chi connectivity index (χ0n) is 17.4. The molecule has 0 rings (SSSR count). The van der Waals surface area contributed by atoms with E-state index in [2.05, 4.69) is 13.8 Å². The minimum atomic E-state index is 0. The van der Waals surface area contributed by atoms with Crippen LogP contribution in [-0.4, -0.2) is 62.1 Å². The molecule has 0 aliphatic heterocycles. The fourth-order valence-electron chi connectivity index (χ4n) is 2.15. The summed E-state index contributed by atoms with van der Waals surface area (Å²) < 4.78 is 21.5. The quantitative estimate of drug-likeness (QED) is 0.162. The average molecular weight is 371 g/mol. The summed E-state index contributed by atoms with van der Waals surface area (Å²) in [5, 5.41) is 0. The molecule has 5 heteroatoms. The van der Waals surface area contributed by atoms with Crippen LogP contribution < -0.4 is 0 Å². The van der Waals surface area contributed by atoms with Gasteiger partial charge in [0.1, 0.15) is 0 Å². The summed E-state index contributed by atoms with van der Waals surface area (Å²) in [5.41, 5.74) is 0. The molecule has 0 heterocycles. The van der Waals surface area contributed by atoms with Crippen LogP contribution in [0.1, 0.15) is 79.1 Å². The molecule has 0 bridgehead atoms. The molecule has 0 saturated carbocycles. The number of unbranched alkanes of at least 4 members (excludes halogenated alkanes) is 4. The van der Waals surface area contributed by atoms with E-state index < -0.39 is 0 Å². The molecule has 0 aromatic carbocycles. The molecule has 0 saturated heterocycles. The smallest absolute Gasteiger partial charge is 0.353 e. The first-order valence-electron chi connectivity index (χ1n) is 9.74. The fourth-order valence-corrected chi connectivity index (χ4v) is 2.15. The van der Waals surface area contributed by atoms with Crippen molar-refractivity contribution in [2.24, 2.45) is 0 Å². The van der Waals surface area contributed by atoms with Gasteiger partial charge in [0.15, 0.2) is 12.6 Å². The van der Waals surface area contributed by atoms with Gasteiger partial charge in [-0.15, -0.1) is 0 Å². The monoisotopic (exact) mass is 370 g/mol. The van der Waals surface area contributed by atoms with Crippen LogP contribution in [0.4, 0.5) is 0 Å². The van der Waals surface area contributed by atoms with Crippen molar-refractivity contribution in [3.05, 3.63) is 13.8 Å². The Kier molecular flexibility index (Phi) is 32.6. The summed E-state index contributed by atoms with van der Waals surface area (Å²) in [6, 6.07) is 0. The van der Waals surface area contributed by atoms with E-state index in [1.165, 1.54) is 0 Å². The third-order valence-corrected chi connectivity index (χ3v) is 3.29. The molecule has 0 N–H and O–H groups in total. The van der Waals surface area contributed by atoms with Crippen LogP contribution in [0.15, 0.2) is 0 Å². The topological polar surface area (TPSA) is 36.9 Å². The van der Waals surface area contributed by atoms with Crippen molar-refractivity contribution in [3.8, 4) is 0 Å². The van der Waals surface area contributed by atoms with Crippen molar-refractivity contribution in [1.29, 1.82) is 0 Å². The van der Waals surface area contributed by atoms with Gasteiger partial charge >= 0.3 is 23.1 Å². The van der Waals surface area contributed by atoms with Crippen molar-refractivity contribution >= 4 is 23.1 Å². The van der Waals surface area contributed by atoms with E-state index in [0.29, 0.717) is 0 Å². The van der Waals surface area contributed by atoms with Crippen molar-refractivity contribution in [2.75, 3.05) is 26.4 Å². The number of ether oxygens (including phenoxy) is 4. The minimum absolute atomic E-state index is 0. The summed E-state index contributed by atoms with van der Waals surface area (Å²) in [4.78, 5) is 0. The van der Waals surface area contributed by atoms with Crippen LogP contribution in [0.5, 0.6) is 0 Å². The molecule has 0 atom stereocenters. The van der Waals surface area contributed by atoms with Gasteiger partial charge in [0.2, 0.25) is 0 Å². The van der Waals surface area contributed by atoms with Crippen LogP contribution in [0.25, 0.3) is 0 Å². The third kappa shape index (κ3) is 24.6. The van der Waals surface area contributed by atoms with Crippen molar-refractivity contribution < 1.29 is 18.9 Å². The minimum Gasteiger partial charge on any atom is -0.353 e. The van der Waals surface area contributed by atoms with E-state index >= 15 is 0 Å². The first-order valence-corrected chi connectivity index (χ1v) is 9.74. The summed E-state index contributed by atoms with van der Waals surface area (Å²) in [6.07, 6.45) is 8.64. The summed E-state index contributed by atoms with van der Waals surface area (Å²) in [5.74, 6) is 0. The average Bonchev–Trinajstić information content (AvgIpc) is 2.57. The Hall–Kier alpha value is 0.606. The van der Waals surface area contributed by atoms with Gasteiger partial charge < -0.3 is 32.8 Å². The Morgan fingerprint density at radius 2 is 0.840 bits per heavy atom.